The summed E-state index contributed by atoms with van der Waals surface area (Å²) in [4.78, 5) is 37.8. The number of hydrogen-bond acceptors (Lipinski definition) is 4. The Morgan fingerprint density at radius 3 is 2.79 bits per heavy atom. The SMILES string of the molecule is O=C(CCCn1c(=O)oc2ccccc21)NCc1cccc(N2CCCC2=O)c1. The predicted octanol–water partition coefficient (Wildman–Crippen LogP) is 2.82. The van der Waals surface area contributed by atoms with E-state index in [0.29, 0.717) is 37.9 Å². The van der Waals surface area contributed by atoms with Crippen molar-refractivity contribution in [3.05, 3.63) is 64.6 Å². The molecule has 0 saturated carbocycles. The van der Waals surface area contributed by atoms with E-state index in [1.165, 1.54) is 0 Å². The van der Waals surface area contributed by atoms with Crippen molar-refractivity contribution in [2.24, 2.45) is 0 Å². The summed E-state index contributed by atoms with van der Waals surface area (Å²) in [5.74, 6) is -0.332. The molecule has 0 atom stereocenters. The van der Waals surface area contributed by atoms with Crippen LogP contribution in [0.2, 0.25) is 0 Å². The largest absolute Gasteiger partial charge is 0.419 e. The average Bonchev–Trinajstić information content (AvgIpc) is 3.29. The van der Waals surface area contributed by atoms with Crippen molar-refractivity contribution in [3.63, 3.8) is 0 Å². The van der Waals surface area contributed by atoms with Crippen LogP contribution in [0.4, 0.5) is 5.69 Å². The molecule has 0 radical (unpaired) electrons. The zero-order valence-corrected chi connectivity index (χ0v) is 16.1. The zero-order valence-electron chi connectivity index (χ0n) is 16.1. The smallest absolute Gasteiger partial charge is 0.408 e. The number of oxazole rings is 1. The Bertz CT molecular complexity index is 1100. The summed E-state index contributed by atoms with van der Waals surface area (Å²) in [6.07, 6.45) is 2.33. The van der Waals surface area contributed by atoms with Crippen LogP contribution in [0.3, 0.4) is 0 Å². The first kappa shape index (κ1) is 19.0. The number of aryl methyl sites for hydroxylation is 1. The second-order valence-electron chi connectivity index (χ2n) is 7.19. The summed E-state index contributed by atoms with van der Waals surface area (Å²) in [5.41, 5.74) is 3.13. The molecule has 0 unspecified atom stereocenters. The first-order valence-corrected chi connectivity index (χ1v) is 9.86. The van der Waals surface area contributed by atoms with Gasteiger partial charge in [0.1, 0.15) is 0 Å². The van der Waals surface area contributed by atoms with Gasteiger partial charge in [-0.1, -0.05) is 24.3 Å². The number of nitrogens with one attached hydrogen (secondary N) is 1. The minimum Gasteiger partial charge on any atom is -0.408 e. The fourth-order valence-corrected chi connectivity index (χ4v) is 3.67. The van der Waals surface area contributed by atoms with Crippen molar-refractivity contribution >= 4 is 28.6 Å². The fourth-order valence-electron chi connectivity index (χ4n) is 3.67. The number of rotatable bonds is 7. The van der Waals surface area contributed by atoms with Gasteiger partial charge < -0.3 is 14.6 Å². The Labute approximate surface area is 167 Å². The van der Waals surface area contributed by atoms with Crippen LogP contribution in [0.15, 0.2) is 57.7 Å². The topological polar surface area (TPSA) is 84.5 Å². The van der Waals surface area contributed by atoms with Crippen LogP contribution in [0.5, 0.6) is 0 Å². The molecule has 0 bridgehead atoms. The first-order valence-electron chi connectivity index (χ1n) is 9.86. The highest BCUT2D eigenvalue weighted by atomic mass is 16.4. The van der Waals surface area contributed by atoms with Crippen LogP contribution in [0, 0.1) is 0 Å². The van der Waals surface area contributed by atoms with Gasteiger partial charge in [0.05, 0.1) is 5.52 Å². The van der Waals surface area contributed by atoms with Crippen LogP contribution >= 0.6 is 0 Å². The Kier molecular flexibility index (Phi) is 5.46. The number of carbonyl (C=O) groups excluding carboxylic acids is 2. The summed E-state index contributed by atoms with van der Waals surface area (Å²) in [5, 5.41) is 2.91. The standard InChI is InChI=1S/C22H23N3O4/c26-20(10-4-13-25-18-8-1-2-9-19(18)29-22(25)28)23-15-16-6-3-7-17(14-16)24-12-5-11-21(24)27/h1-3,6-9,14H,4-5,10-13,15H2,(H,23,26). The summed E-state index contributed by atoms with van der Waals surface area (Å²) < 4.78 is 6.76. The second kappa shape index (κ2) is 8.34. The van der Waals surface area contributed by atoms with Crippen LogP contribution in [-0.4, -0.2) is 22.9 Å². The van der Waals surface area contributed by atoms with E-state index in [9.17, 15) is 14.4 Å². The maximum Gasteiger partial charge on any atom is 0.419 e. The number of amides is 2. The number of benzene rings is 2. The van der Waals surface area contributed by atoms with E-state index in [2.05, 4.69) is 5.32 Å². The van der Waals surface area contributed by atoms with Crippen LogP contribution in [0.25, 0.3) is 11.1 Å². The van der Waals surface area contributed by atoms with Crippen molar-refractivity contribution in [1.82, 2.24) is 9.88 Å². The highest BCUT2D eigenvalue weighted by Gasteiger charge is 2.21. The Hall–Kier alpha value is -3.35. The molecule has 7 nitrogen and oxygen atoms in total. The van der Waals surface area contributed by atoms with Crippen molar-refractivity contribution in [1.29, 1.82) is 0 Å². The number of fused-ring (bicyclic) bond motifs is 1. The molecule has 1 N–H and O–H groups in total. The third kappa shape index (κ3) is 4.23. The highest BCUT2D eigenvalue weighted by molar-refractivity contribution is 5.95. The summed E-state index contributed by atoms with van der Waals surface area (Å²) >= 11 is 0. The zero-order chi connectivity index (χ0) is 20.2. The van der Waals surface area contributed by atoms with E-state index >= 15 is 0 Å². The molecule has 1 saturated heterocycles. The summed E-state index contributed by atoms with van der Waals surface area (Å²) in [6.45, 7) is 1.58. The van der Waals surface area contributed by atoms with E-state index in [1.54, 1.807) is 15.5 Å². The van der Waals surface area contributed by atoms with Gasteiger partial charge in [0.2, 0.25) is 11.8 Å². The van der Waals surface area contributed by atoms with Gasteiger partial charge >= 0.3 is 5.76 Å². The third-order valence-electron chi connectivity index (χ3n) is 5.14. The van der Waals surface area contributed by atoms with Gasteiger partial charge in [0.15, 0.2) is 5.58 Å². The molecule has 0 aliphatic carbocycles. The summed E-state index contributed by atoms with van der Waals surface area (Å²) in [7, 11) is 0. The molecule has 1 aliphatic rings. The third-order valence-corrected chi connectivity index (χ3v) is 5.14. The van der Waals surface area contributed by atoms with Gasteiger partial charge in [-0.25, -0.2) is 4.79 Å². The minimum absolute atomic E-state index is 0.0755. The maximum atomic E-state index is 12.2. The Morgan fingerprint density at radius 2 is 1.97 bits per heavy atom. The van der Waals surface area contributed by atoms with E-state index in [1.807, 2.05) is 42.5 Å². The van der Waals surface area contributed by atoms with E-state index < -0.39 is 5.76 Å². The lowest BCUT2D eigenvalue weighted by molar-refractivity contribution is -0.121. The number of hydrogen-bond donors (Lipinski definition) is 1. The van der Waals surface area contributed by atoms with E-state index in [0.717, 1.165) is 29.7 Å². The van der Waals surface area contributed by atoms with Crippen molar-refractivity contribution in [2.45, 2.75) is 38.8 Å². The molecule has 150 valence electrons. The molecule has 1 aromatic heterocycles. The molecule has 3 aromatic rings. The van der Waals surface area contributed by atoms with Crippen molar-refractivity contribution in [3.8, 4) is 0 Å². The van der Waals surface area contributed by atoms with Crippen molar-refractivity contribution in [2.75, 3.05) is 11.4 Å². The van der Waals surface area contributed by atoms with E-state index in [-0.39, 0.29) is 11.8 Å². The lowest BCUT2D eigenvalue weighted by atomic mass is 10.2. The maximum absolute atomic E-state index is 12.2. The predicted molar refractivity (Wildman–Crippen MR) is 110 cm³/mol. The Morgan fingerprint density at radius 1 is 1.10 bits per heavy atom. The van der Waals surface area contributed by atoms with Crippen LogP contribution < -0.4 is 16.0 Å². The molecule has 7 heteroatoms. The average molecular weight is 393 g/mol. The monoisotopic (exact) mass is 393 g/mol. The molecular formula is C22H23N3O4. The molecule has 2 aromatic carbocycles. The lowest BCUT2D eigenvalue weighted by Gasteiger charge is -2.16. The minimum atomic E-state index is -0.403. The van der Waals surface area contributed by atoms with Gasteiger partial charge in [0, 0.05) is 38.2 Å². The summed E-state index contributed by atoms with van der Waals surface area (Å²) in [6, 6.07) is 15.0. The number of anilines is 1. The molecule has 29 heavy (non-hydrogen) atoms. The highest BCUT2D eigenvalue weighted by Crippen LogP contribution is 2.22. The quantitative estimate of drug-likeness (QED) is 0.669. The number of aromatic nitrogens is 1. The molecule has 2 heterocycles. The molecule has 1 aliphatic heterocycles. The lowest BCUT2D eigenvalue weighted by Crippen LogP contribution is -2.25. The Balaban J connectivity index is 1.29. The molecule has 1 fully saturated rings. The first-order chi connectivity index (χ1) is 14.1. The number of nitrogens with zero attached hydrogens (tertiary/aromatic N) is 2. The van der Waals surface area contributed by atoms with Crippen LogP contribution in [-0.2, 0) is 22.7 Å². The van der Waals surface area contributed by atoms with Gasteiger partial charge in [-0.2, -0.15) is 0 Å². The molecule has 2 amide bonds. The van der Waals surface area contributed by atoms with Gasteiger partial charge in [0.25, 0.3) is 0 Å². The molecular weight excluding hydrogens is 370 g/mol. The van der Waals surface area contributed by atoms with E-state index in [4.69, 9.17) is 4.42 Å². The number of para-hydroxylation sites is 2. The number of carbonyl (C=O) groups is 2. The second-order valence-corrected chi connectivity index (χ2v) is 7.19. The normalized spacial score (nSPS) is 13.9. The molecule has 4 rings (SSSR count). The van der Waals surface area contributed by atoms with Gasteiger partial charge in [-0.3, -0.25) is 14.2 Å². The fraction of sp³-hybridized carbons (Fsp3) is 0.318. The van der Waals surface area contributed by atoms with Crippen molar-refractivity contribution < 1.29 is 14.0 Å². The van der Waals surface area contributed by atoms with Gasteiger partial charge in [-0.05, 0) is 42.7 Å². The molecule has 0 spiro atoms. The van der Waals surface area contributed by atoms with Crippen LogP contribution in [0.1, 0.15) is 31.2 Å². The van der Waals surface area contributed by atoms with Gasteiger partial charge in [-0.15, -0.1) is 0 Å².